The molecule has 0 bridgehead atoms. The lowest BCUT2D eigenvalue weighted by atomic mass is 10.1. The van der Waals surface area contributed by atoms with Gasteiger partial charge in [-0.25, -0.2) is 4.98 Å². The molecule has 0 spiro atoms. The van der Waals surface area contributed by atoms with Gasteiger partial charge in [-0.2, -0.15) is 5.26 Å². The first-order valence-corrected chi connectivity index (χ1v) is 6.50. The number of aliphatic imine (C=N–C) groups is 1. The molecule has 5 nitrogen and oxygen atoms in total. The van der Waals surface area contributed by atoms with Crippen molar-refractivity contribution >= 4 is 33.2 Å². The summed E-state index contributed by atoms with van der Waals surface area (Å²) in [4.78, 5) is 8.62. The maximum atomic E-state index is 9.19. The largest absolute Gasteiger partial charge is 0.354 e. The fraction of sp³-hybridized carbons (Fsp3) is 0.250. The number of rotatable bonds is 1. The number of nitrogens with zero attached hydrogens (tertiary/aromatic N) is 3. The van der Waals surface area contributed by atoms with Crippen LogP contribution in [0.2, 0.25) is 0 Å². The molecule has 0 saturated heterocycles. The van der Waals surface area contributed by atoms with E-state index >= 15 is 0 Å². The average molecular weight is 257 g/mol. The zero-order valence-corrected chi connectivity index (χ0v) is 10.6. The van der Waals surface area contributed by atoms with Gasteiger partial charge in [-0.1, -0.05) is 0 Å². The van der Waals surface area contributed by atoms with E-state index in [0.717, 1.165) is 40.5 Å². The van der Waals surface area contributed by atoms with E-state index < -0.39 is 0 Å². The highest BCUT2D eigenvalue weighted by Gasteiger charge is 2.13. The average Bonchev–Trinajstić information content (AvgIpc) is 3.03. The van der Waals surface area contributed by atoms with Crippen LogP contribution in [0.4, 0.5) is 5.69 Å². The van der Waals surface area contributed by atoms with Gasteiger partial charge in [0.25, 0.3) is 0 Å². The van der Waals surface area contributed by atoms with Crippen LogP contribution in [0.5, 0.6) is 0 Å². The second kappa shape index (κ2) is 4.27. The molecule has 0 fully saturated rings. The van der Waals surface area contributed by atoms with E-state index in [0.29, 0.717) is 5.56 Å². The van der Waals surface area contributed by atoms with Gasteiger partial charge in [-0.3, -0.25) is 4.99 Å². The van der Waals surface area contributed by atoms with E-state index in [4.69, 9.17) is 0 Å². The first-order valence-electron chi connectivity index (χ1n) is 5.62. The molecule has 3 rings (SSSR count). The topological polar surface area (TPSA) is 73.1 Å². The first-order chi connectivity index (χ1) is 8.79. The van der Waals surface area contributed by atoms with Crippen molar-refractivity contribution in [2.24, 2.45) is 4.99 Å². The number of aryl methyl sites for hydroxylation is 1. The van der Waals surface area contributed by atoms with Gasteiger partial charge in [0, 0.05) is 12.2 Å². The van der Waals surface area contributed by atoms with E-state index in [-0.39, 0.29) is 0 Å². The molecule has 0 amide bonds. The summed E-state index contributed by atoms with van der Waals surface area (Å²) >= 11 is 1.50. The minimum atomic E-state index is 0.652. The molecule has 0 aliphatic carbocycles. The molecule has 1 aromatic carbocycles. The predicted octanol–water partition coefficient (Wildman–Crippen LogP) is 1.85. The van der Waals surface area contributed by atoms with Crippen molar-refractivity contribution in [1.82, 2.24) is 10.3 Å². The Morgan fingerprint density at radius 2 is 2.44 bits per heavy atom. The number of hydrogen-bond acceptors (Lipinski definition) is 6. The Labute approximate surface area is 108 Å². The van der Waals surface area contributed by atoms with Crippen LogP contribution in [0.1, 0.15) is 11.1 Å². The lowest BCUT2D eigenvalue weighted by Crippen LogP contribution is -2.26. The normalized spacial score (nSPS) is 14.1. The van der Waals surface area contributed by atoms with Gasteiger partial charge in [-0.15, -0.1) is 11.3 Å². The molecule has 2 heterocycles. The molecule has 0 atom stereocenters. The van der Waals surface area contributed by atoms with E-state index in [9.17, 15) is 5.26 Å². The van der Waals surface area contributed by atoms with E-state index in [2.05, 4.69) is 26.7 Å². The van der Waals surface area contributed by atoms with E-state index in [1.54, 1.807) is 5.51 Å². The Morgan fingerprint density at radius 3 is 3.17 bits per heavy atom. The second-order valence-electron chi connectivity index (χ2n) is 4.02. The molecule has 6 heteroatoms. The molecule has 1 aliphatic rings. The smallest absolute Gasteiger partial charge is 0.195 e. The van der Waals surface area contributed by atoms with Crippen LogP contribution < -0.4 is 10.6 Å². The molecular weight excluding hydrogens is 246 g/mol. The number of benzene rings is 1. The SMILES string of the molecule is Cc1c(NC2=NCCN2)cc(C#N)c2scnc12. The maximum absolute atomic E-state index is 9.19. The zero-order valence-electron chi connectivity index (χ0n) is 9.82. The van der Waals surface area contributed by atoms with E-state index in [1.807, 2.05) is 13.0 Å². The zero-order chi connectivity index (χ0) is 12.5. The number of aromatic nitrogens is 1. The molecule has 2 aromatic rings. The third-order valence-electron chi connectivity index (χ3n) is 2.91. The highest BCUT2D eigenvalue weighted by atomic mass is 32.1. The molecule has 1 aliphatic heterocycles. The van der Waals surface area contributed by atoms with Crippen LogP contribution in [0.25, 0.3) is 10.2 Å². The van der Waals surface area contributed by atoms with Crippen LogP contribution >= 0.6 is 11.3 Å². The highest BCUT2D eigenvalue weighted by Crippen LogP contribution is 2.30. The van der Waals surface area contributed by atoms with Gasteiger partial charge >= 0.3 is 0 Å². The number of nitriles is 1. The minimum absolute atomic E-state index is 0.652. The third-order valence-corrected chi connectivity index (χ3v) is 3.77. The van der Waals surface area contributed by atoms with Crippen molar-refractivity contribution in [3.05, 3.63) is 22.7 Å². The Balaban J connectivity index is 2.11. The van der Waals surface area contributed by atoms with Crippen molar-refractivity contribution in [3.8, 4) is 6.07 Å². The molecule has 1 aromatic heterocycles. The van der Waals surface area contributed by atoms with Crippen molar-refractivity contribution in [1.29, 1.82) is 5.26 Å². The van der Waals surface area contributed by atoms with E-state index in [1.165, 1.54) is 11.3 Å². The number of anilines is 1. The monoisotopic (exact) mass is 257 g/mol. The standard InChI is InChI=1S/C12H11N5S/c1-7-9(17-12-14-2-3-15-12)4-8(5-13)11-10(7)16-6-18-11/h4,6H,2-3H2,1H3,(H2,14,15,17). The fourth-order valence-electron chi connectivity index (χ4n) is 1.97. The molecule has 2 N–H and O–H groups in total. The summed E-state index contributed by atoms with van der Waals surface area (Å²) in [5.41, 5.74) is 5.24. The van der Waals surface area contributed by atoms with Crippen LogP contribution in [0.15, 0.2) is 16.6 Å². The van der Waals surface area contributed by atoms with Crippen LogP contribution in [0.3, 0.4) is 0 Å². The molecular formula is C12H11N5S. The lowest BCUT2D eigenvalue weighted by Gasteiger charge is -2.10. The number of fused-ring (bicyclic) bond motifs is 1. The lowest BCUT2D eigenvalue weighted by molar-refractivity contribution is 0.959. The van der Waals surface area contributed by atoms with Gasteiger partial charge in [0.2, 0.25) is 0 Å². The molecule has 0 saturated carbocycles. The summed E-state index contributed by atoms with van der Waals surface area (Å²) in [5.74, 6) is 0.761. The van der Waals surface area contributed by atoms with Gasteiger partial charge in [0.05, 0.1) is 27.8 Å². The Kier molecular flexibility index (Phi) is 2.61. The summed E-state index contributed by atoms with van der Waals surface area (Å²) in [6.07, 6.45) is 0. The third kappa shape index (κ3) is 1.69. The molecule has 0 radical (unpaired) electrons. The number of thiazole rings is 1. The Hall–Kier alpha value is -2.13. The van der Waals surface area contributed by atoms with Crippen LogP contribution in [0, 0.1) is 18.3 Å². The van der Waals surface area contributed by atoms with Crippen molar-refractivity contribution in [2.75, 3.05) is 18.4 Å². The first kappa shape index (κ1) is 11.0. The summed E-state index contributed by atoms with van der Waals surface area (Å²) in [6.45, 7) is 3.64. The van der Waals surface area contributed by atoms with Gasteiger partial charge in [0.15, 0.2) is 5.96 Å². The van der Waals surface area contributed by atoms with Crippen LogP contribution in [-0.2, 0) is 0 Å². The summed E-state index contributed by atoms with van der Waals surface area (Å²) < 4.78 is 0.946. The molecule has 0 unspecified atom stereocenters. The molecule has 90 valence electrons. The summed E-state index contributed by atoms with van der Waals surface area (Å²) in [7, 11) is 0. The summed E-state index contributed by atoms with van der Waals surface area (Å²) in [5, 5.41) is 15.6. The van der Waals surface area contributed by atoms with Crippen LogP contribution in [-0.4, -0.2) is 24.0 Å². The second-order valence-corrected chi connectivity index (χ2v) is 4.88. The van der Waals surface area contributed by atoms with Crippen molar-refractivity contribution in [2.45, 2.75) is 6.92 Å². The Bertz CT molecular complexity index is 680. The maximum Gasteiger partial charge on any atom is 0.195 e. The molecule has 18 heavy (non-hydrogen) atoms. The predicted molar refractivity (Wildman–Crippen MR) is 73.0 cm³/mol. The Morgan fingerprint density at radius 1 is 1.56 bits per heavy atom. The quantitative estimate of drug-likeness (QED) is 0.817. The van der Waals surface area contributed by atoms with Gasteiger partial charge < -0.3 is 10.6 Å². The number of guanidine groups is 1. The fourth-order valence-corrected chi connectivity index (χ4v) is 2.78. The van der Waals surface area contributed by atoms with Gasteiger partial charge in [0.1, 0.15) is 6.07 Å². The summed E-state index contributed by atoms with van der Waals surface area (Å²) in [6, 6.07) is 4.08. The highest BCUT2D eigenvalue weighted by molar-refractivity contribution is 7.17. The van der Waals surface area contributed by atoms with Crippen molar-refractivity contribution in [3.63, 3.8) is 0 Å². The number of hydrogen-bond donors (Lipinski definition) is 2. The van der Waals surface area contributed by atoms with Gasteiger partial charge in [-0.05, 0) is 18.6 Å². The minimum Gasteiger partial charge on any atom is -0.354 e. The number of nitrogens with one attached hydrogen (secondary N) is 2. The van der Waals surface area contributed by atoms with Crippen molar-refractivity contribution < 1.29 is 0 Å².